The average Bonchev–Trinajstić information content (AvgIpc) is 3.28. The number of carbonyl (C=O) groups is 4. The second-order valence-corrected chi connectivity index (χ2v) is 9.49. The molecule has 0 saturated heterocycles. The molecule has 39 heavy (non-hydrogen) atoms. The number of carbonyl (C=O) groups excluding carboxylic acids is 3. The predicted octanol–water partition coefficient (Wildman–Crippen LogP) is 0.939. The molecule has 3 aromatic rings. The minimum atomic E-state index is -1.89. The minimum Gasteiger partial charge on any atom is -0.480 e. The topological polar surface area (TPSA) is 180 Å². The fraction of sp³-hybridized carbons (Fsp3) is 0.333. The molecule has 1 amide bonds. The van der Waals surface area contributed by atoms with Crippen molar-refractivity contribution in [1.29, 1.82) is 0 Å². The number of aromatic nitrogens is 2. The van der Waals surface area contributed by atoms with Gasteiger partial charge >= 0.3 is 17.9 Å². The van der Waals surface area contributed by atoms with E-state index >= 15 is 0 Å². The van der Waals surface area contributed by atoms with E-state index in [-0.39, 0.29) is 42.6 Å². The molecule has 0 aliphatic carbocycles. The summed E-state index contributed by atoms with van der Waals surface area (Å²) in [4.78, 5) is 67.0. The number of carboxylic acids is 1. The first-order valence-electron chi connectivity index (χ1n) is 12.4. The number of nitrogens with one attached hydrogen (secondary N) is 1. The van der Waals surface area contributed by atoms with Gasteiger partial charge in [-0.2, -0.15) is 0 Å². The lowest BCUT2D eigenvalue weighted by molar-refractivity contribution is -0.189. The van der Waals surface area contributed by atoms with E-state index in [0.29, 0.717) is 17.9 Å². The Morgan fingerprint density at radius 3 is 2.77 bits per heavy atom. The zero-order chi connectivity index (χ0) is 27.9. The summed E-state index contributed by atoms with van der Waals surface area (Å²) >= 11 is 0. The fourth-order valence-corrected chi connectivity index (χ4v) is 4.98. The normalized spacial score (nSPS) is 17.9. The maximum absolute atomic E-state index is 13.5. The number of para-hydroxylation sites is 1. The number of hydrogen-bond acceptors (Lipinski definition) is 9. The molecule has 4 N–H and O–H groups in total. The Morgan fingerprint density at radius 2 is 2.03 bits per heavy atom. The van der Waals surface area contributed by atoms with E-state index in [0.717, 1.165) is 16.5 Å². The smallest absolute Gasteiger partial charge is 0.355 e. The van der Waals surface area contributed by atoms with Gasteiger partial charge < -0.3 is 30.2 Å². The zero-order valence-electron chi connectivity index (χ0n) is 21.1. The van der Waals surface area contributed by atoms with Crippen LogP contribution in [0.1, 0.15) is 42.9 Å². The van der Waals surface area contributed by atoms with Crippen molar-refractivity contribution in [2.45, 2.75) is 51.0 Å². The molecule has 12 heteroatoms. The molecular formula is C27H26N4O8. The second-order valence-electron chi connectivity index (χ2n) is 9.49. The molecule has 2 aromatic heterocycles. The lowest BCUT2D eigenvalue weighted by atomic mass is 9.85. The summed E-state index contributed by atoms with van der Waals surface area (Å²) in [6.45, 7) is 1.09. The van der Waals surface area contributed by atoms with Crippen molar-refractivity contribution in [3.8, 4) is 11.4 Å². The minimum absolute atomic E-state index is 0.0209. The van der Waals surface area contributed by atoms with Gasteiger partial charge in [-0.1, -0.05) is 25.1 Å². The summed E-state index contributed by atoms with van der Waals surface area (Å²) in [5, 5.41) is 12.1. The quantitative estimate of drug-likeness (QED) is 0.275. The van der Waals surface area contributed by atoms with Crippen molar-refractivity contribution in [3.05, 3.63) is 63.4 Å². The third-order valence-corrected chi connectivity index (χ3v) is 7.10. The summed E-state index contributed by atoms with van der Waals surface area (Å²) in [5.74, 6) is -3.59. The molecule has 0 radical (unpaired) electrons. The second kappa shape index (κ2) is 9.95. The fourth-order valence-electron chi connectivity index (χ4n) is 4.98. The highest BCUT2D eigenvalue weighted by Gasteiger charge is 2.50. The molecule has 0 fully saturated rings. The maximum Gasteiger partial charge on any atom is 0.355 e. The third kappa shape index (κ3) is 4.52. The molecule has 0 unspecified atom stereocenters. The van der Waals surface area contributed by atoms with Crippen LogP contribution in [0.15, 0.2) is 41.2 Å². The van der Waals surface area contributed by atoms with Gasteiger partial charge in [0.15, 0.2) is 0 Å². The van der Waals surface area contributed by atoms with Crippen molar-refractivity contribution in [3.63, 3.8) is 0 Å². The van der Waals surface area contributed by atoms with Crippen molar-refractivity contribution in [2.75, 3.05) is 6.54 Å². The number of nitrogens with two attached hydrogens (primary N) is 1. The Hall–Kier alpha value is -4.58. The Bertz CT molecular complexity index is 1600. The van der Waals surface area contributed by atoms with E-state index in [9.17, 15) is 24.0 Å². The van der Waals surface area contributed by atoms with Crippen LogP contribution in [0.2, 0.25) is 0 Å². The van der Waals surface area contributed by atoms with Crippen LogP contribution in [0, 0.1) is 0 Å². The monoisotopic (exact) mass is 534 g/mol. The highest BCUT2D eigenvalue weighted by Crippen LogP contribution is 2.40. The van der Waals surface area contributed by atoms with Gasteiger partial charge in [0, 0.05) is 22.9 Å². The SMILES string of the molecule is CC[C@@]1(OC(=O)CNC(=O)CC[C@H](N)C(=O)O)C(=O)OCc2c1cc1n(c2=O)Cc2cc3ccccc3nc2-1. The third-order valence-electron chi connectivity index (χ3n) is 7.10. The van der Waals surface area contributed by atoms with Gasteiger partial charge in [0.25, 0.3) is 5.56 Å². The molecule has 2 aliphatic rings. The number of amides is 1. The Labute approximate surface area is 221 Å². The van der Waals surface area contributed by atoms with Crippen LogP contribution >= 0.6 is 0 Å². The Kier molecular flexibility index (Phi) is 6.64. The number of pyridine rings is 2. The molecule has 2 atom stereocenters. The van der Waals surface area contributed by atoms with E-state index in [1.807, 2.05) is 30.3 Å². The summed E-state index contributed by atoms with van der Waals surface area (Å²) in [5.41, 5.74) is 6.29. The largest absolute Gasteiger partial charge is 0.480 e. The highest BCUT2D eigenvalue weighted by molar-refractivity contribution is 5.89. The molecule has 12 nitrogen and oxygen atoms in total. The van der Waals surface area contributed by atoms with Gasteiger partial charge in [0.05, 0.1) is 29.0 Å². The average molecular weight is 535 g/mol. The highest BCUT2D eigenvalue weighted by atomic mass is 16.6. The number of ether oxygens (including phenoxy) is 2. The first-order valence-corrected chi connectivity index (χ1v) is 12.4. The first-order chi connectivity index (χ1) is 18.6. The maximum atomic E-state index is 13.5. The van der Waals surface area contributed by atoms with E-state index in [1.54, 1.807) is 17.6 Å². The number of hydrogen-bond donors (Lipinski definition) is 3. The van der Waals surface area contributed by atoms with Gasteiger partial charge in [0.1, 0.15) is 19.2 Å². The number of aliphatic carboxylic acids is 1. The van der Waals surface area contributed by atoms with Crippen LogP contribution in [0.3, 0.4) is 0 Å². The van der Waals surface area contributed by atoms with Crippen molar-refractivity contribution < 1.29 is 33.8 Å². The van der Waals surface area contributed by atoms with E-state index in [1.165, 1.54) is 0 Å². The van der Waals surface area contributed by atoms with Crippen LogP contribution in [0.4, 0.5) is 0 Å². The summed E-state index contributed by atoms with van der Waals surface area (Å²) < 4.78 is 12.5. The molecule has 0 saturated carbocycles. The summed E-state index contributed by atoms with van der Waals surface area (Å²) in [6.07, 6.45) is -0.351. The van der Waals surface area contributed by atoms with Gasteiger partial charge in [-0.15, -0.1) is 0 Å². The van der Waals surface area contributed by atoms with E-state index in [2.05, 4.69) is 5.32 Å². The Balaban J connectivity index is 1.44. The molecular weight excluding hydrogens is 508 g/mol. The molecule has 0 bridgehead atoms. The van der Waals surface area contributed by atoms with Crippen LogP contribution in [-0.2, 0) is 47.4 Å². The van der Waals surface area contributed by atoms with Crippen LogP contribution in [0.25, 0.3) is 22.3 Å². The van der Waals surface area contributed by atoms with E-state index < -0.39 is 42.0 Å². The number of nitrogens with zero attached hydrogens (tertiary/aromatic N) is 2. The van der Waals surface area contributed by atoms with Gasteiger partial charge in [-0.05, 0) is 31.0 Å². The molecule has 4 heterocycles. The van der Waals surface area contributed by atoms with Crippen molar-refractivity contribution in [1.82, 2.24) is 14.9 Å². The predicted molar refractivity (Wildman–Crippen MR) is 136 cm³/mol. The van der Waals surface area contributed by atoms with Gasteiger partial charge in [-0.3, -0.25) is 19.2 Å². The van der Waals surface area contributed by atoms with Gasteiger partial charge in [-0.25, -0.2) is 9.78 Å². The summed E-state index contributed by atoms with van der Waals surface area (Å²) in [7, 11) is 0. The van der Waals surface area contributed by atoms with Crippen LogP contribution in [0.5, 0.6) is 0 Å². The molecule has 2 aliphatic heterocycles. The number of cyclic esters (lactones) is 1. The van der Waals surface area contributed by atoms with Crippen LogP contribution in [-0.4, -0.2) is 51.1 Å². The van der Waals surface area contributed by atoms with Crippen LogP contribution < -0.4 is 16.6 Å². The zero-order valence-corrected chi connectivity index (χ0v) is 21.1. The number of carboxylic acid groups (broad SMARTS) is 1. The summed E-state index contributed by atoms with van der Waals surface area (Å²) in [6, 6.07) is 10.0. The number of benzene rings is 1. The molecule has 5 rings (SSSR count). The lowest BCUT2D eigenvalue weighted by Crippen LogP contribution is -2.48. The number of fused-ring (bicyclic) bond motifs is 5. The molecule has 0 spiro atoms. The first kappa shape index (κ1) is 26.0. The number of rotatable bonds is 8. The molecule has 202 valence electrons. The van der Waals surface area contributed by atoms with Crippen molar-refractivity contribution in [2.24, 2.45) is 5.73 Å². The van der Waals surface area contributed by atoms with Gasteiger partial charge in [0.2, 0.25) is 11.5 Å². The van der Waals surface area contributed by atoms with E-state index in [4.69, 9.17) is 25.3 Å². The van der Waals surface area contributed by atoms with Crippen molar-refractivity contribution >= 4 is 34.7 Å². The number of esters is 2. The Morgan fingerprint density at radius 1 is 1.26 bits per heavy atom. The standard InChI is InChI=1S/C27H26N4O8/c1-2-27(39-22(33)11-29-21(32)8-7-18(28)25(35)36)17-10-20-23-15(9-14-5-3-4-6-19(14)30-23)12-31(20)24(34)16(17)13-38-26(27)37/h3-6,9-10,18H,2,7-8,11-13,28H2,1H3,(H,29,32)(H,35,36)/t18-,27-/m0/s1. The lowest BCUT2D eigenvalue weighted by Gasteiger charge is -2.35. The molecule has 1 aromatic carbocycles.